The Labute approximate surface area is 147 Å². The topological polar surface area (TPSA) is 39.8 Å². The normalized spacial score (nSPS) is 14.6. The van der Waals surface area contributed by atoms with Crippen LogP contribution >= 0.6 is 0 Å². The van der Waals surface area contributed by atoms with E-state index in [0.717, 1.165) is 30.7 Å². The Bertz CT molecular complexity index is 985. The lowest BCUT2D eigenvalue weighted by molar-refractivity contribution is -0.137. The van der Waals surface area contributed by atoms with Gasteiger partial charge in [-0.05, 0) is 42.7 Å². The molecule has 1 heterocycles. The van der Waals surface area contributed by atoms with Gasteiger partial charge in [-0.15, -0.1) is 0 Å². The zero-order valence-corrected chi connectivity index (χ0v) is 13.8. The molecule has 0 amide bonds. The molecule has 4 nitrogen and oxygen atoms in total. The van der Waals surface area contributed by atoms with Crippen molar-refractivity contribution in [2.45, 2.75) is 31.5 Å². The zero-order valence-electron chi connectivity index (χ0n) is 13.8. The molecular formula is C19H16F3N3O. The summed E-state index contributed by atoms with van der Waals surface area (Å²) in [5.74, 6) is 0.902. The minimum atomic E-state index is -4.41. The molecule has 0 radical (unpaired) electrons. The third-order valence-corrected chi connectivity index (χ3v) is 4.41. The molecule has 4 rings (SSSR count). The van der Waals surface area contributed by atoms with Gasteiger partial charge in [-0.3, -0.25) is 0 Å². The summed E-state index contributed by atoms with van der Waals surface area (Å²) in [7, 11) is 0. The maximum Gasteiger partial charge on any atom is 0.416 e. The van der Waals surface area contributed by atoms with Crippen LogP contribution in [0.15, 0.2) is 59.4 Å². The van der Waals surface area contributed by atoms with Crippen molar-refractivity contribution in [3.8, 4) is 5.69 Å². The number of hydrogen-bond donors (Lipinski definition) is 0. The second kappa shape index (κ2) is 6.16. The summed E-state index contributed by atoms with van der Waals surface area (Å²) in [4.78, 5) is 12.8. The molecule has 3 aromatic rings. The van der Waals surface area contributed by atoms with Gasteiger partial charge < -0.3 is 0 Å². The fraction of sp³-hybridized carbons (Fsp3) is 0.263. The van der Waals surface area contributed by atoms with Crippen LogP contribution in [0.4, 0.5) is 13.2 Å². The van der Waals surface area contributed by atoms with E-state index in [-0.39, 0.29) is 18.2 Å². The number of benzene rings is 2. The van der Waals surface area contributed by atoms with E-state index >= 15 is 0 Å². The predicted octanol–water partition coefficient (Wildman–Crippen LogP) is 3.98. The molecule has 26 heavy (non-hydrogen) atoms. The Morgan fingerprint density at radius 1 is 1.04 bits per heavy atom. The van der Waals surface area contributed by atoms with Crippen molar-refractivity contribution >= 4 is 0 Å². The second-order valence-corrected chi connectivity index (χ2v) is 6.44. The fourth-order valence-electron chi connectivity index (χ4n) is 2.97. The molecule has 1 saturated carbocycles. The smallest absolute Gasteiger partial charge is 0.247 e. The summed E-state index contributed by atoms with van der Waals surface area (Å²) in [6.07, 6.45) is -2.48. The van der Waals surface area contributed by atoms with Crippen LogP contribution in [0.25, 0.3) is 5.69 Å². The minimum Gasteiger partial charge on any atom is -0.247 e. The van der Waals surface area contributed by atoms with Gasteiger partial charge in [-0.2, -0.15) is 18.3 Å². The average molecular weight is 359 g/mol. The molecule has 0 spiro atoms. The summed E-state index contributed by atoms with van der Waals surface area (Å²) in [6.45, 7) is 0.00229. The van der Waals surface area contributed by atoms with E-state index in [1.807, 2.05) is 30.3 Å². The highest BCUT2D eigenvalue weighted by atomic mass is 19.4. The Morgan fingerprint density at radius 2 is 1.77 bits per heavy atom. The van der Waals surface area contributed by atoms with Gasteiger partial charge in [0.25, 0.3) is 0 Å². The van der Waals surface area contributed by atoms with Crippen molar-refractivity contribution in [1.29, 1.82) is 0 Å². The van der Waals surface area contributed by atoms with E-state index in [9.17, 15) is 18.0 Å². The first-order chi connectivity index (χ1) is 12.4. The third-order valence-electron chi connectivity index (χ3n) is 4.41. The Balaban J connectivity index is 1.74. The molecule has 134 valence electrons. The molecule has 0 bridgehead atoms. The third kappa shape index (κ3) is 3.16. The zero-order chi connectivity index (χ0) is 18.3. The van der Waals surface area contributed by atoms with E-state index in [4.69, 9.17) is 0 Å². The Morgan fingerprint density at radius 3 is 2.42 bits per heavy atom. The lowest BCUT2D eigenvalue weighted by atomic mass is 10.1. The molecule has 1 aromatic heterocycles. The fourth-order valence-corrected chi connectivity index (χ4v) is 2.97. The molecule has 0 saturated heterocycles. The first kappa shape index (κ1) is 16.6. The van der Waals surface area contributed by atoms with E-state index < -0.39 is 11.7 Å². The summed E-state index contributed by atoms with van der Waals surface area (Å²) in [5, 5.41) is 4.42. The maximum atomic E-state index is 12.9. The molecule has 1 fully saturated rings. The van der Waals surface area contributed by atoms with Crippen molar-refractivity contribution in [3.63, 3.8) is 0 Å². The SMILES string of the molecule is O=c1n(Cc2cccc(C(F)(F)F)c2)nc(C2CC2)n1-c1ccccc1. The van der Waals surface area contributed by atoms with Crippen LogP contribution in [-0.2, 0) is 12.7 Å². The lowest BCUT2D eigenvalue weighted by Gasteiger charge is -2.08. The van der Waals surface area contributed by atoms with Crippen molar-refractivity contribution in [2.24, 2.45) is 0 Å². The number of rotatable bonds is 4. The summed E-state index contributed by atoms with van der Waals surface area (Å²) >= 11 is 0. The summed E-state index contributed by atoms with van der Waals surface area (Å²) in [5.41, 5.74) is 0.0418. The second-order valence-electron chi connectivity index (χ2n) is 6.44. The number of hydrogen-bond acceptors (Lipinski definition) is 2. The molecule has 0 N–H and O–H groups in total. The highest BCUT2D eigenvalue weighted by molar-refractivity contribution is 5.34. The van der Waals surface area contributed by atoms with Gasteiger partial charge in [0.15, 0.2) is 0 Å². The van der Waals surface area contributed by atoms with Crippen molar-refractivity contribution in [2.75, 3.05) is 0 Å². The van der Waals surface area contributed by atoms with Gasteiger partial charge in [0.05, 0.1) is 17.8 Å². The number of aromatic nitrogens is 3. The Hall–Kier alpha value is -2.83. The highest BCUT2D eigenvalue weighted by Crippen LogP contribution is 2.39. The number of para-hydroxylation sites is 1. The van der Waals surface area contributed by atoms with Crippen molar-refractivity contribution in [3.05, 3.63) is 82.0 Å². The predicted molar refractivity (Wildman–Crippen MR) is 90.3 cm³/mol. The van der Waals surface area contributed by atoms with Crippen LogP contribution in [0, 0.1) is 0 Å². The lowest BCUT2D eigenvalue weighted by Crippen LogP contribution is -2.25. The molecule has 0 atom stereocenters. The van der Waals surface area contributed by atoms with Gasteiger partial charge in [-0.25, -0.2) is 14.0 Å². The quantitative estimate of drug-likeness (QED) is 0.707. The molecular weight excluding hydrogens is 343 g/mol. The first-order valence-corrected chi connectivity index (χ1v) is 8.35. The summed E-state index contributed by atoms with van der Waals surface area (Å²) < 4.78 is 41.5. The summed E-state index contributed by atoms with van der Waals surface area (Å²) in [6, 6.07) is 14.2. The van der Waals surface area contributed by atoms with E-state index in [2.05, 4.69) is 5.10 Å². The molecule has 0 unspecified atom stereocenters. The Kier molecular flexibility index (Phi) is 3.94. The van der Waals surface area contributed by atoms with Gasteiger partial charge in [-0.1, -0.05) is 30.3 Å². The average Bonchev–Trinajstić information content (AvgIpc) is 3.41. The van der Waals surface area contributed by atoms with E-state index in [1.54, 1.807) is 10.6 Å². The van der Waals surface area contributed by atoms with Crippen LogP contribution in [0.3, 0.4) is 0 Å². The number of halogens is 3. The van der Waals surface area contributed by atoms with Crippen molar-refractivity contribution < 1.29 is 13.2 Å². The molecule has 7 heteroatoms. The molecule has 2 aromatic carbocycles. The number of nitrogens with zero attached hydrogens (tertiary/aromatic N) is 3. The molecule has 1 aliphatic carbocycles. The molecule has 1 aliphatic rings. The highest BCUT2D eigenvalue weighted by Gasteiger charge is 2.32. The minimum absolute atomic E-state index is 0.00229. The standard InChI is InChI=1S/C19H16F3N3O/c20-19(21,22)15-6-4-5-13(11-15)12-24-18(26)25(16-7-2-1-3-8-16)17(23-24)14-9-10-14/h1-8,11,14H,9-10,12H2. The van der Waals surface area contributed by atoms with Gasteiger partial charge in [0.1, 0.15) is 5.82 Å². The van der Waals surface area contributed by atoms with Crippen LogP contribution < -0.4 is 5.69 Å². The van der Waals surface area contributed by atoms with Crippen molar-refractivity contribution in [1.82, 2.24) is 14.3 Å². The van der Waals surface area contributed by atoms with Gasteiger partial charge >= 0.3 is 11.9 Å². The monoisotopic (exact) mass is 359 g/mol. The van der Waals surface area contributed by atoms with E-state index in [1.165, 1.54) is 10.7 Å². The maximum absolute atomic E-state index is 12.9. The van der Waals surface area contributed by atoms with Crippen LogP contribution in [0.2, 0.25) is 0 Å². The molecule has 0 aliphatic heterocycles. The van der Waals surface area contributed by atoms with Gasteiger partial charge in [0, 0.05) is 5.92 Å². The van der Waals surface area contributed by atoms with E-state index in [0.29, 0.717) is 11.4 Å². The van der Waals surface area contributed by atoms with Crippen LogP contribution in [0.5, 0.6) is 0 Å². The van der Waals surface area contributed by atoms with Crippen LogP contribution in [0.1, 0.15) is 35.7 Å². The van der Waals surface area contributed by atoms with Crippen LogP contribution in [-0.4, -0.2) is 14.3 Å². The number of alkyl halides is 3. The van der Waals surface area contributed by atoms with Gasteiger partial charge in [0.2, 0.25) is 0 Å². The largest absolute Gasteiger partial charge is 0.416 e. The first-order valence-electron chi connectivity index (χ1n) is 8.35.